The van der Waals surface area contributed by atoms with Crippen LogP contribution in [0.2, 0.25) is 0 Å². The summed E-state index contributed by atoms with van der Waals surface area (Å²) in [5.74, 6) is -2.05. The molecular weight excluding hydrogens is 417 g/mol. The lowest BCUT2D eigenvalue weighted by Crippen LogP contribution is -2.15. The predicted octanol–water partition coefficient (Wildman–Crippen LogP) is 5.77. The lowest BCUT2D eigenvalue weighted by molar-refractivity contribution is -0.154. The SMILES string of the molecule is CCOc1ccc2c(=O)c(Oc3ccccc3Br)c(C(F)(F)F)oc2c1. The van der Waals surface area contributed by atoms with Gasteiger partial charge in [-0.3, -0.25) is 4.79 Å². The van der Waals surface area contributed by atoms with Crippen molar-refractivity contribution in [2.45, 2.75) is 13.1 Å². The van der Waals surface area contributed by atoms with Gasteiger partial charge in [0.1, 0.15) is 17.1 Å². The van der Waals surface area contributed by atoms with Gasteiger partial charge < -0.3 is 13.9 Å². The van der Waals surface area contributed by atoms with Gasteiger partial charge in [0.2, 0.25) is 11.2 Å². The predicted molar refractivity (Wildman–Crippen MR) is 92.9 cm³/mol. The summed E-state index contributed by atoms with van der Waals surface area (Å²) in [6, 6.07) is 10.3. The van der Waals surface area contributed by atoms with E-state index in [-0.39, 0.29) is 16.7 Å². The van der Waals surface area contributed by atoms with Gasteiger partial charge >= 0.3 is 6.18 Å². The van der Waals surface area contributed by atoms with Gasteiger partial charge in [0, 0.05) is 6.07 Å². The molecule has 3 rings (SSSR count). The van der Waals surface area contributed by atoms with E-state index in [9.17, 15) is 18.0 Å². The number of benzene rings is 2. The molecule has 4 nitrogen and oxygen atoms in total. The summed E-state index contributed by atoms with van der Waals surface area (Å²) in [5.41, 5.74) is -1.15. The maximum Gasteiger partial charge on any atom is 0.453 e. The molecule has 136 valence electrons. The first-order valence-corrected chi connectivity index (χ1v) is 8.33. The minimum Gasteiger partial charge on any atom is -0.494 e. The number of fused-ring (bicyclic) bond motifs is 1. The van der Waals surface area contributed by atoms with Crippen LogP contribution >= 0.6 is 15.9 Å². The number of ether oxygens (including phenoxy) is 2. The first-order chi connectivity index (χ1) is 12.3. The van der Waals surface area contributed by atoms with Gasteiger partial charge in [-0.15, -0.1) is 0 Å². The summed E-state index contributed by atoms with van der Waals surface area (Å²) in [6.07, 6.45) is -4.91. The van der Waals surface area contributed by atoms with Gasteiger partial charge in [-0.25, -0.2) is 0 Å². The molecule has 0 fully saturated rings. The number of rotatable bonds is 4. The molecule has 0 atom stereocenters. The van der Waals surface area contributed by atoms with Crippen molar-refractivity contribution in [2.24, 2.45) is 0 Å². The van der Waals surface area contributed by atoms with Gasteiger partial charge in [0.25, 0.3) is 5.76 Å². The average Bonchev–Trinajstić information content (AvgIpc) is 2.58. The summed E-state index contributed by atoms with van der Waals surface area (Å²) >= 11 is 3.17. The van der Waals surface area contributed by atoms with Crippen LogP contribution in [0, 0.1) is 0 Å². The molecule has 2 aromatic carbocycles. The second-order valence-electron chi connectivity index (χ2n) is 5.21. The number of para-hydroxylation sites is 1. The minimum atomic E-state index is -4.91. The van der Waals surface area contributed by atoms with Gasteiger partial charge in [0.05, 0.1) is 16.5 Å². The zero-order valence-corrected chi connectivity index (χ0v) is 15.0. The molecule has 1 aromatic heterocycles. The molecule has 0 unspecified atom stereocenters. The van der Waals surface area contributed by atoms with Gasteiger partial charge in [-0.2, -0.15) is 13.2 Å². The van der Waals surface area contributed by atoms with E-state index in [0.29, 0.717) is 16.8 Å². The van der Waals surface area contributed by atoms with Crippen molar-refractivity contribution < 1.29 is 27.1 Å². The Bertz CT molecular complexity index is 1010. The Morgan fingerprint density at radius 1 is 1.15 bits per heavy atom. The van der Waals surface area contributed by atoms with E-state index in [2.05, 4.69) is 15.9 Å². The van der Waals surface area contributed by atoms with Crippen molar-refractivity contribution in [2.75, 3.05) is 6.61 Å². The Labute approximate surface area is 154 Å². The van der Waals surface area contributed by atoms with Gasteiger partial charge in [-0.1, -0.05) is 12.1 Å². The van der Waals surface area contributed by atoms with Crippen LogP contribution in [0.5, 0.6) is 17.2 Å². The van der Waals surface area contributed by atoms with Crippen molar-refractivity contribution in [1.82, 2.24) is 0 Å². The summed E-state index contributed by atoms with van der Waals surface area (Å²) in [6.45, 7) is 2.06. The summed E-state index contributed by atoms with van der Waals surface area (Å²) in [5, 5.41) is -0.0384. The standard InChI is InChI=1S/C18H12BrF3O4/c1-2-24-10-7-8-11-14(9-10)26-17(18(20,21)22)16(15(11)23)25-13-6-4-3-5-12(13)19/h3-9H,2H2,1H3. The molecular formula is C18H12BrF3O4. The van der Waals surface area contributed by atoms with Crippen molar-refractivity contribution in [3.8, 4) is 17.2 Å². The summed E-state index contributed by atoms with van der Waals surface area (Å²) in [4.78, 5) is 12.6. The minimum absolute atomic E-state index is 0.0384. The molecule has 3 aromatic rings. The zero-order chi connectivity index (χ0) is 18.9. The van der Waals surface area contributed by atoms with Crippen LogP contribution < -0.4 is 14.9 Å². The van der Waals surface area contributed by atoms with Crippen molar-refractivity contribution >= 4 is 26.9 Å². The molecule has 0 saturated carbocycles. The maximum atomic E-state index is 13.5. The lowest BCUT2D eigenvalue weighted by atomic mass is 10.2. The fourth-order valence-corrected chi connectivity index (χ4v) is 2.70. The van der Waals surface area contributed by atoms with Crippen LogP contribution in [0.15, 0.2) is 56.1 Å². The van der Waals surface area contributed by atoms with Gasteiger partial charge in [-0.05, 0) is 47.1 Å². The number of hydrogen-bond acceptors (Lipinski definition) is 4. The van der Waals surface area contributed by atoms with E-state index in [1.54, 1.807) is 25.1 Å². The Morgan fingerprint density at radius 3 is 2.54 bits per heavy atom. The Hall–Kier alpha value is -2.48. The molecule has 0 amide bonds. The third-order valence-electron chi connectivity index (χ3n) is 3.44. The van der Waals surface area contributed by atoms with E-state index >= 15 is 0 Å². The zero-order valence-electron chi connectivity index (χ0n) is 13.4. The Morgan fingerprint density at radius 2 is 1.88 bits per heavy atom. The van der Waals surface area contributed by atoms with Crippen LogP contribution in [0.4, 0.5) is 13.2 Å². The highest BCUT2D eigenvalue weighted by molar-refractivity contribution is 9.10. The van der Waals surface area contributed by atoms with Crippen LogP contribution in [0.1, 0.15) is 12.7 Å². The van der Waals surface area contributed by atoms with Crippen LogP contribution in [0.3, 0.4) is 0 Å². The Kier molecular flexibility index (Phi) is 4.95. The second kappa shape index (κ2) is 7.03. The highest BCUT2D eigenvalue weighted by atomic mass is 79.9. The fourth-order valence-electron chi connectivity index (χ4n) is 2.33. The average molecular weight is 429 g/mol. The summed E-state index contributed by atoms with van der Waals surface area (Å²) in [7, 11) is 0. The molecule has 0 aliphatic rings. The molecule has 0 aliphatic heterocycles. The van der Waals surface area contributed by atoms with Gasteiger partial charge in [0.15, 0.2) is 0 Å². The smallest absolute Gasteiger partial charge is 0.453 e. The molecule has 8 heteroatoms. The molecule has 0 radical (unpaired) electrons. The van der Waals surface area contributed by atoms with E-state index in [1.165, 1.54) is 24.3 Å². The molecule has 26 heavy (non-hydrogen) atoms. The first-order valence-electron chi connectivity index (χ1n) is 7.54. The van der Waals surface area contributed by atoms with E-state index in [0.717, 1.165) is 0 Å². The molecule has 1 heterocycles. The van der Waals surface area contributed by atoms with E-state index in [4.69, 9.17) is 13.9 Å². The quantitative estimate of drug-likeness (QED) is 0.529. The highest BCUT2D eigenvalue weighted by Crippen LogP contribution is 2.39. The number of alkyl halides is 3. The largest absolute Gasteiger partial charge is 0.494 e. The molecule has 0 saturated heterocycles. The lowest BCUT2D eigenvalue weighted by Gasteiger charge is -2.14. The summed E-state index contributed by atoms with van der Waals surface area (Å²) < 4.78 is 56.3. The molecule has 0 aliphatic carbocycles. The molecule has 0 N–H and O–H groups in total. The second-order valence-corrected chi connectivity index (χ2v) is 6.06. The third kappa shape index (κ3) is 3.55. The highest BCUT2D eigenvalue weighted by Gasteiger charge is 2.40. The monoisotopic (exact) mass is 428 g/mol. The molecule has 0 spiro atoms. The van der Waals surface area contributed by atoms with Crippen LogP contribution in [-0.2, 0) is 6.18 Å². The Balaban J connectivity index is 2.23. The topological polar surface area (TPSA) is 48.7 Å². The molecule has 0 bridgehead atoms. The van der Waals surface area contributed by atoms with Crippen molar-refractivity contribution in [3.05, 3.63) is 62.9 Å². The van der Waals surface area contributed by atoms with Crippen LogP contribution in [0.25, 0.3) is 11.0 Å². The van der Waals surface area contributed by atoms with Crippen LogP contribution in [-0.4, -0.2) is 6.61 Å². The normalized spacial score (nSPS) is 11.6. The first kappa shape index (κ1) is 18.3. The third-order valence-corrected chi connectivity index (χ3v) is 4.09. The number of hydrogen-bond donors (Lipinski definition) is 0. The van der Waals surface area contributed by atoms with E-state index < -0.39 is 23.1 Å². The maximum absolute atomic E-state index is 13.5. The number of halogens is 4. The van der Waals surface area contributed by atoms with Crippen molar-refractivity contribution in [3.63, 3.8) is 0 Å². The fraction of sp³-hybridized carbons (Fsp3) is 0.167. The van der Waals surface area contributed by atoms with Crippen molar-refractivity contribution in [1.29, 1.82) is 0 Å². The van der Waals surface area contributed by atoms with E-state index in [1.807, 2.05) is 0 Å².